The number of pyridine rings is 1. The molecule has 4 nitrogen and oxygen atoms in total. The topological polar surface area (TPSA) is 59.2 Å². The van der Waals surface area contributed by atoms with E-state index in [0.29, 0.717) is 18.7 Å². The highest BCUT2D eigenvalue weighted by atomic mass is 16.2. The zero-order chi connectivity index (χ0) is 13.5. The maximum Gasteiger partial charge on any atom is 0.256 e. The summed E-state index contributed by atoms with van der Waals surface area (Å²) in [6.07, 6.45) is 2.61. The highest BCUT2D eigenvalue weighted by molar-refractivity contribution is 6.05. The van der Waals surface area contributed by atoms with Crippen molar-refractivity contribution in [1.29, 1.82) is 0 Å². The third-order valence-corrected chi connectivity index (χ3v) is 3.87. The second-order valence-electron chi connectivity index (χ2n) is 5.26. The fourth-order valence-corrected chi connectivity index (χ4v) is 2.53. The van der Waals surface area contributed by atoms with Gasteiger partial charge in [0.05, 0.1) is 16.6 Å². The van der Waals surface area contributed by atoms with Gasteiger partial charge in [0.15, 0.2) is 0 Å². The van der Waals surface area contributed by atoms with E-state index in [1.54, 1.807) is 11.1 Å². The Morgan fingerprint density at radius 1 is 1.37 bits per heavy atom. The molecular weight excluding hydrogens is 238 g/mol. The first kappa shape index (κ1) is 12.1. The number of para-hydroxylation sites is 1. The first-order valence-electron chi connectivity index (χ1n) is 6.55. The molecule has 1 amide bonds. The molecule has 1 aliphatic rings. The van der Waals surface area contributed by atoms with E-state index in [0.717, 1.165) is 17.3 Å². The van der Waals surface area contributed by atoms with E-state index in [9.17, 15) is 4.79 Å². The summed E-state index contributed by atoms with van der Waals surface area (Å²) in [4.78, 5) is 18.6. The summed E-state index contributed by atoms with van der Waals surface area (Å²) in [6, 6.07) is 9.54. The minimum atomic E-state index is -0.201. The molecule has 19 heavy (non-hydrogen) atoms. The van der Waals surface area contributed by atoms with Crippen LogP contribution in [0.5, 0.6) is 0 Å². The maximum atomic E-state index is 12.5. The molecule has 3 rings (SSSR count). The average molecular weight is 255 g/mol. The Kier molecular flexibility index (Phi) is 2.75. The molecule has 98 valence electrons. The predicted octanol–water partition coefficient (Wildman–Crippen LogP) is 1.80. The molecule has 1 fully saturated rings. The molecule has 1 aromatic carbocycles. The Balaban J connectivity index is 1.91. The van der Waals surface area contributed by atoms with Crippen molar-refractivity contribution in [3.05, 3.63) is 42.1 Å². The summed E-state index contributed by atoms with van der Waals surface area (Å²) in [5, 5.41) is 0.989. The lowest BCUT2D eigenvalue weighted by Crippen LogP contribution is -2.68. The smallest absolute Gasteiger partial charge is 0.256 e. The molecule has 2 heterocycles. The van der Waals surface area contributed by atoms with Gasteiger partial charge in [-0.05, 0) is 18.6 Å². The van der Waals surface area contributed by atoms with Crippen LogP contribution in [0, 0.1) is 0 Å². The largest absolute Gasteiger partial charge is 0.335 e. The van der Waals surface area contributed by atoms with Gasteiger partial charge in [0.2, 0.25) is 0 Å². The third kappa shape index (κ3) is 1.98. The number of fused-ring (bicyclic) bond motifs is 1. The van der Waals surface area contributed by atoms with Crippen molar-refractivity contribution in [1.82, 2.24) is 9.88 Å². The number of likely N-dealkylation sites (tertiary alicyclic amines) is 1. The van der Waals surface area contributed by atoms with Gasteiger partial charge in [0.25, 0.3) is 5.91 Å². The lowest BCUT2D eigenvalue weighted by Gasteiger charge is -2.47. The Morgan fingerprint density at radius 3 is 2.84 bits per heavy atom. The molecule has 0 radical (unpaired) electrons. The second-order valence-corrected chi connectivity index (χ2v) is 5.26. The fourth-order valence-electron chi connectivity index (χ4n) is 2.53. The molecule has 0 aliphatic carbocycles. The van der Waals surface area contributed by atoms with Crippen molar-refractivity contribution in [3.8, 4) is 0 Å². The van der Waals surface area contributed by atoms with Crippen LogP contribution in [-0.2, 0) is 0 Å². The summed E-state index contributed by atoms with van der Waals surface area (Å²) in [7, 11) is 0. The van der Waals surface area contributed by atoms with Gasteiger partial charge in [-0.15, -0.1) is 0 Å². The van der Waals surface area contributed by atoms with Gasteiger partial charge in [-0.2, -0.15) is 0 Å². The van der Waals surface area contributed by atoms with Crippen molar-refractivity contribution >= 4 is 16.8 Å². The number of carbonyl (C=O) groups is 1. The van der Waals surface area contributed by atoms with Crippen LogP contribution in [0.25, 0.3) is 10.9 Å². The van der Waals surface area contributed by atoms with Crippen molar-refractivity contribution in [2.24, 2.45) is 5.73 Å². The molecule has 0 bridgehead atoms. The van der Waals surface area contributed by atoms with Crippen LogP contribution in [-0.4, -0.2) is 34.4 Å². The van der Waals surface area contributed by atoms with Crippen LogP contribution < -0.4 is 5.73 Å². The standard InChI is InChI=1S/C15H17N3O/c1-2-15(16)9-18(10-15)14(19)12-7-3-5-11-6-4-8-17-13(11)12/h3-8H,2,9-10,16H2,1H3. The highest BCUT2D eigenvalue weighted by Gasteiger charge is 2.40. The first-order valence-corrected chi connectivity index (χ1v) is 6.55. The van der Waals surface area contributed by atoms with Crippen molar-refractivity contribution in [3.63, 3.8) is 0 Å². The van der Waals surface area contributed by atoms with Crippen LogP contribution in [0.3, 0.4) is 0 Å². The Labute approximate surface area is 112 Å². The van der Waals surface area contributed by atoms with Gasteiger partial charge in [-0.1, -0.05) is 25.1 Å². The van der Waals surface area contributed by atoms with Gasteiger partial charge in [0, 0.05) is 24.7 Å². The Bertz CT molecular complexity index is 627. The van der Waals surface area contributed by atoms with Crippen LogP contribution in [0.1, 0.15) is 23.7 Å². The number of carbonyl (C=O) groups excluding carboxylic acids is 1. The van der Waals surface area contributed by atoms with E-state index < -0.39 is 0 Å². The molecular formula is C15H17N3O. The van der Waals surface area contributed by atoms with E-state index in [-0.39, 0.29) is 11.4 Å². The van der Waals surface area contributed by atoms with Crippen LogP contribution in [0.2, 0.25) is 0 Å². The quantitative estimate of drug-likeness (QED) is 0.890. The van der Waals surface area contributed by atoms with E-state index in [1.807, 2.05) is 30.3 Å². The van der Waals surface area contributed by atoms with E-state index in [2.05, 4.69) is 11.9 Å². The molecule has 0 saturated carbocycles. The molecule has 2 aromatic rings. The molecule has 1 aliphatic heterocycles. The summed E-state index contributed by atoms with van der Waals surface area (Å²) in [6.45, 7) is 3.32. The first-order chi connectivity index (χ1) is 9.13. The van der Waals surface area contributed by atoms with Crippen molar-refractivity contribution in [2.45, 2.75) is 18.9 Å². The van der Waals surface area contributed by atoms with E-state index in [1.165, 1.54) is 0 Å². The summed E-state index contributed by atoms with van der Waals surface area (Å²) in [5.74, 6) is 0.0267. The number of rotatable bonds is 2. The highest BCUT2D eigenvalue weighted by Crippen LogP contribution is 2.25. The zero-order valence-corrected chi connectivity index (χ0v) is 11.0. The number of nitrogens with two attached hydrogens (primary N) is 1. The summed E-state index contributed by atoms with van der Waals surface area (Å²) in [5.41, 5.74) is 7.34. The summed E-state index contributed by atoms with van der Waals surface area (Å²) >= 11 is 0. The summed E-state index contributed by atoms with van der Waals surface area (Å²) < 4.78 is 0. The van der Waals surface area contributed by atoms with Crippen LogP contribution >= 0.6 is 0 Å². The lowest BCUT2D eigenvalue weighted by molar-refractivity contribution is 0.0403. The minimum Gasteiger partial charge on any atom is -0.335 e. The van der Waals surface area contributed by atoms with Gasteiger partial charge in [-0.3, -0.25) is 9.78 Å². The number of benzene rings is 1. The number of hydrogen-bond acceptors (Lipinski definition) is 3. The van der Waals surface area contributed by atoms with Gasteiger partial charge >= 0.3 is 0 Å². The van der Waals surface area contributed by atoms with Gasteiger partial charge in [-0.25, -0.2) is 0 Å². The normalized spacial score (nSPS) is 17.3. The molecule has 0 spiro atoms. The molecule has 2 N–H and O–H groups in total. The van der Waals surface area contributed by atoms with Gasteiger partial charge < -0.3 is 10.6 Å². The predicted molar refractivity (Wildman–Crippen MR) is 74.9 cm³/mol. The van der Waals surface area contributed by atoms with E-state index in [4.69, 9.17) is 5.73 Å². The number of amides is 1. The molecule has 0 atom stereocenters. The van der Waals surface area contributed by atoms with Crippen molar-refractivity contribution < 1.29 is 4.79 Å². The molecule has 1 saturated heterocycles. The SMILES string of the molecule is CCC1(N)CN(C(=O)c2cccc3cccnc23)C1. The fraction of sp³-hybridized carbons (Fsp3) is 0.333. The van der Waals surface area contributed by atoms with Crippen LogP contribution in [0.4, 0.5) is 0 Å². The van der Waals surface area contributed by atoms with Crippen LogP contribution in [0.15, 0.2) is 36.5 Å². The number of aromatic nitrogens is 1. The van der Waals surface area contributed by atoms with E-state index >= 15 is 0 Å². The zero-order valence-electron chi connectivity index (χ0n) is 11.0. The molecule has 1 aromatic heterocycles. The van der Waals surface area contributed by atoms with Crippen molar-refractivity contribution in [2.75, 3.05) is 13.1 Å². The Hall–Kier alpha value is -1.94. The minimum absolute atomic E-state index is 0.0267. The third-order valence-electron chi connectivity index (χ3n) is 3.87. The number of nitrogens with zero attached hydrogens (tertiary/aromatic N) is 2. The average Bonchev–Trinajstić information content (AvgIpc) is 2.42. The second kappa shape index (κ2) is 4.31. The monoisotopic (exact) mass is 255 g/mol. The molecule has 4 heteroatoms. The molecule has 0 unspecified atom stereocenters. The van der Waals surface area contributed by atoms with Gasteiger partial charge in [0.1, 0.15) is 0 Å². The Morgan fingerprint density at radius 2 is 2.11 bits per heavy atom. The maximum absolute atomic E-state index is 12.5. The lowest BCUT2D eigenvalue weighted by atomic mass is 9.87. The number of hydrogen-bond donors (Lipinski definition) is 1.